The van der Waals surface area contributed by atoms with Crippen LogP contribution in [0, 0.1) is 0 Å². The highest BCUT2D eigenvalue weighted by molar-refractivity contribution is 7.89. The molecule has 32 heavy (non-hydrogen) atoms. The molecule has 0 spiro atoms. The number of nitrogens with two attached hydrogens (primary N) is 1. The summed E-state index contributed by atoms with van der Waals surface area (Å²) in [5.41, 5.74) is 2.68. The summed E-state index contributed by atoms with van der Waals surface area (Å²) in [6.07, 6.45) is 1.60. The first-order valence-electron chi connectivity index (χ1n) is 9.59. The minimum atomic E-state index is -3.83. The van der Waals surface area contributed by atoms with E-state index in [0.717, 1.165) is 5.56 Å². The van der Waals surface area contributed by atoms with E-state index >= 15 is 0 Å². The molecule has 9 heteroatoms. The molecule has 3 aromatic rings. The normalized spacial score (nSPS) is 15.3. The van der Waals surface area contributed by atoms with Crippen molar-refractivity contribution in [1.82, 2.24) is 0 Å². The van der Waals surface area contributed by atoms with Gasteiger partial charge in [-0.25, -0.2) is 13.6 Å². The molecular weight excluding hydrogens is 430 g/mol. The maximum absolute atomic E-state index is 12.9. The molecule has 2 aromatic carbocycles. The number of nitrogens with zero attached hydrogens (tertiary/aromatic N) is 2. The van der Waals surface area contributed by atoms with Crippen LogP contribution in [-0.2, 0) is 14.8 Å². The number of primary sulfonamides is 1. The third-order valence-electron chi connectivity index (χ3n) is 4.96. The van der Waals surface area contributed by atoms with Crippen LogP contribution in [-0.4, -0.2) is 25.8 Å². The molecule has 0 radical (unpaired) electrons. The van der Waals surface area contributed by atoms with Gasteiger partial charge in [-0.15, -0.1) is 0 Å². The summed E-state index contributed by atoms with van der Waals surface area (Å²) >= 11 is 0. The number of benzene rings is 2. The van der Waals surface area contributed by atoms with Crippen LogP contribution in [0.15, 0.2) is 80.7 Å². The van der Waals surface area contributed by atoms with Gasteiger partial charge in [0, 0.05) is 11.1 Å². The van der Waals surface area contributed by atoms with Crippen LogP contribution < -0.4 is 10.1 Å². The van der Waals surface area contributed by atoms with E-state index in [2.05, 4.69) is 5.10 Å². The van der Waals surface area contributed by atoms with Crippen molar-refractivity contribution in [3.8, 4) is 11.3 Å². The van der Waals surface area contributed by atoms with Crippen molar-refractivity contribution in [2.75, 3.05) is 5.01 Å². The van der Waals surface area contributed by atoms with Crippen molar-refractivity contribution in [2.24, 2.45) is 10.2 Å². The zero-order valence-corrected chi connectivity index (χ0v) is 18.1. The number of rotatable bonds is 5. The number of hydrogen-bond acceptors (Lipinski definition) is 6. The Morgan fingerprint density at radius 2 is 1.69 bits per heavy atom. The van der Waals surface area contributed by atoms with E-state index in [-0.39, 0.29) is 16.6 Å². The topological polar surface area (TPSA) is 123 Å². The highest BCUT2D eigenvalue weighted by Gasteiger charge is 2.29. The lowest BCUT2D eigenvalue weighted by molar-refractivity contribution is -0.114. The van der Waals surface area contributed by atoms with Crippen molar-refractivity contribution < 1.29 is 22.4 Å². The van der Waals surface area contributed by atoms with Gasteiger partial charge in [-0.1, -0.05) is 24.3 Å². The minimum Gasteiger partial charge on any atom is -0.457 e. The van der Waals surface area contributed by atoms with Gasteiger partial charge >= 0.3 is 0 Å². The molecule has 0 atom stereocenters. The van der Waals surface area contributed by atoms with Crippen LogP contribution in [0.1, 0.15) is 30.0 Å². The molecule has 1 aliphatic heterocycles. The van der Waals surface area contributed by atoms with Crippen molar-refractivity contribution in [1.29, 1.82) is 0 Å². The number of sulfonamides is 1. The number of carbonyl (C=O) groups excluding carboxylic acids is 2. The Labute approximate surface area is 184 Å². The van der Waals surface area contributed by atoms with Gasteiger partial charge in [-0.05, 0) is 56.3 Å². The molecule has 0 saturated heterocycles. The zero-order chi connectivity index (χ0) is 23.0. The van der Waals surface area contributed by atoms with Gasteiger partial charge < -0.3 is 4.42 Å². The van der Waals surface area contributed by atoms with Crippen molar-refractivity contribution in [3.63, 3.8) is 0 Å². The summed E-state index contributed by atoms with van der Waals surface area (Å²) in [6, 6.07) is 16.2. The first-order valence-corrected chi connectivity index (χ1v) is 11.1. The molecule has 162 valence electrons. The van der Waals surface area contributed by atoms with Gasteiger partial charge in [-0.3, -0.25) is 9.59 Å². The predicted molar refractivity (Wildman–Crippen MR) is 121 cm³/mol. The highest BCUT2D eigenvalue weighted by Crippen LogP contribution is 2.28. The third-order valence-corrected chi connectivity index (χ3v) is 5.89. The fraction of sp³-hybridized carbons (Fsp3) is 0.0870. The first-order chi connectivity index (χ1) is 15.1. The maximum atomic E-state index is 12.9. The summed E-state index contributed by atoms with van der Waals surface area (Å²) in [4.78, 5) is 24.3. The molecule has 0 saturated carbocycles. The van der Waals surface area contributed by atoms with E-state index in [1.807, 2.05) is 0 Å². The summed E-state index contributed by atoms with van der Waals surface area (Å²) in [7, 11) is -3.83. The molecule has 2 N–H and O–H groups in total. The summed E-state index contributed by atoms with van der Waals surface area (Å²) in [6.45, 7) is 3.21. The molecule has 8 nitrogen and oxygen atoms in total. The Kier molecular flexibility index (Phi) is 5.37. The Balaban J connectivity index is 1.57. The van der Waals surface area contributed by atoms with E-state index in [0.29, 0.717) is 34.1 Å². The van der Waals surface area contributed by atoms with Gasteiger partial charge in [0.1, 0.15) is 11.5 Å². The second kappa shape index (κ2) is 8.03. The van der Waals surface area contributed by atoms with Crippen LogP contribution in [0.25, 0.3) is 17.4 Å². The summed E-state index contributed by atoms with van der Waals surface area (Å²) in [5, 5.41) is 10.6. The molecule has 4 rings (SSSR count). The minimum absolute atomic E-state index is 0.0141. The molecule has 1 aromatic heterocycles. The number of anilines is 1. The lowest BCUT2D eigenvalue weighted by Gasteiger charge is -2.11. The molecule has 1 amide bonds. The molecular formula is C23H19N3O5S. The summed E-state index contributed by atoms with van der Waals surface area (Å²) in [5.74, 6) is 0.691. The molecule has 1 aliphatic rings. The number of furan rings is 1. The average molecular weight is 449 g/mol. The Morgan fingerprint density at radius 3 is 2.28 bits per heavy atom. The Bertz CT molecular complexity index is 1380. The number of hydrogen-bond donors (Lipinski definition) is 1. The van der Waals surface area contributed by atoms with Gasteiger partial charge in [0.25, 0.3) is 5.91 Å². The molecule has 0 fully saturated rings. The number of amides is 1. The van der Waals surface area contributed by atoms with Crippen LogP contribution >= 0.6 is 0 Å². The van der Waals surface area contributed by atoms with Crippen LogP contribution in [0.3, 0.4) is 0 Å². The smallest absolute Gasteiger partial charge is 0.280 e. The number of hydrazone groups is 1. The first kappa shape index (κ1) is 21.4. The maximum Gasteiger partial charge on any atom is 0.280 e. The van der Waals surface area contributed by atoms with Crippen LogP contribution in [0.4, 0.5) is 5.69 Å². The van der Waals surface area contributed by atoms with Crippen LogP contribution in [0.2, 0.25) is 0 Å². The second-order valence-electron chi connectivity index (χ2n) is 7.23. The van der Waals surface area contributed by atoms with Gasteiger partial charge in [0.2, 0.25) is 10.0 Å². The van der Waals surface area contributed by atoms with Gasteiger partial charge in [0.15, 0.2) is 5.78 Å². The van der Waals surface area contributed by atoms with Gasteiger partial charge in [-0.2, -0.15) is 10.1 Å². The number of Topliss-reactive ketones (excluding diaryl/α,β-unsaturated/α-hetero) is 1. The summed E-state index contributed by atoms with van der Waals surface area (Å²) < 4.78 is 28.7. The fourth-order valence-corrected chi connectivity index (χ4v) is 3.75. The van der Waals surface area contributed by atoms with Crippen molar-refractivity contribution >= 4 is 39.2 Å². The number of ketones is 1. The predicted octanol–water partition coefficient (Wildman–Crippen LogP) is 3.60. The van der Waals surface area contributed by atoms with E-state index < -0.39 is 10.0 Å². The lowest BCUT2D eigenvalue weighted by Crippen LogP contribution is -2.21. The van der Waals surface area contributed by atoms with Crippen LogP contribution in [0.5, 0.6) is 0 Å². The monoisotopic (exact) mass is 449 g/mol. The van der Waals surface area contributed by atoms with E-state index in [1.54, 1.807) is 49.4 Å². The lowest BCUT2D eigenvalue weighted by atomic mass is 10.1. The highest BCUT2D eigenvalue weighted by atomic mass is 32.2. The Hall–Kier alpha value is -3.82. The fourth-order valence-electron chi connectivity index (χ4n) is 3.23. The second-order valence-corrected chi connectivity index (χ2v) is 8.80. The number of carbonyl (C=O) groups is 2. The van der Waals surface area contributed by atoms with E-state index in [4.69, 9.17) is 9.56 Å². The van der Waals surface area contributed by atoms with E-state index in [1.165, 1.54) is 36.2 Å². The SMILES string of the molecule is CC(=O)c1ccc(-c2ccc(/C=C3\C(=O)N(c4ccc(S(N)(=O)=O)cc4)N=C3C)o2)cc1. The van der Waals surface area contributed by atoms with Crippen molar-refractivity contribution in [2.45, 2.75) is 18.7 Å². The standard InChI is InChI=1S/C23H19N3O5S/c1-14-21(23(28)26(25-14)18-7-10-20(11-8-18)32(24,29)30)13-19-9-12-22(31-19)17-5-3-16(4-6-17)15(2)27/h3-13H,1-2H3,(H2,24,29,30)/b21-13-. The average Bonchev–Trinajstić information content (AvgIpc) is 3.33. The molecule has 2 heterocycles. The van der Waals surface area contributed by atoms with Gasteiger partial charge in [0.05, 0.1) is 21.9 Å². The third kappa shape index (κ3) is 4.16. The zero-order valence-electron chi connectivity index (χ0n) is 17.3. The van der Waals surface area contributed by atoms with Crippen molar-refractivity contribution in [3.05, 3.63) is 77.6 Å². The quantitative estimate of drug-likeness (QED) is 0.471. The Morgan fingerprint density at radius 1 is 1.03 bits per heavy atom. The largest absolute Gasteiger partial charge is 0.457 e. The molecule has 0 bridgehead atoms. The van der Waals surface area contributed by atoms with E-state index in [9.17, 15) is 18.0 Å². The molecule has 0 aliphatic carbocycles. The molecule has 0 unspecified atom stereocenters.